The van der Waals surface area contributed by atoms with Crippen LogP contribution in [0.1, 0.15) is 12.0 Å². The van der Waals surface area contributed by atoms with Gasteiger partial charge in [0, 0.05) is 23.7 Å². The zero-order valence-corrected chi connectivity index (χ0v) is 8.66. The molecule has 0 amide bonds. The topological polar surface area (TPSA) is 70.5 Å². The maximum absolute atomic E-state index is 5.78. The molecule has 0 saturated carbocycles. The van der Waals surface area contributed by atoms with Gasteiger partial charge >= 0.3 is 0 Å². The van der Waals surface area contributed by atoms with Gasteiger partial charge in [0.15, 0.2) is 11.5 Å². The van der Waals surface area contributed by atoms with Crippen molar-refractivity contribution in [1.29, 1.82) is 0 Å². The molecule has 1 aliphatic heterocycles. The number of hydrogen-bond acceptors (Lipinski definition) is 4. The van der Waals surface area contributed by atoms with Gasteiger partial charge in [-0.1, -0.05) is 0 Å². The minimum Gasteiger partial charge on any atom is -0.490 e. The first-order valence-corrected chi connectivity index (χ1v) is 5.19. The summed E-state index contributed by atoms with van der Waals surface area (Å²) in [6.07, 6.45) is 1.75. The minimum atomic E-state index is 0.607. The van der Waals surface area contributed by atoms with Crippen molar-refractivity contribution in [2.75, 3.05) is 25.5 Å². The van der Waals surface area contributed by atoms with Crippen molar-refractivity contribution in [2.24, 2.45) is 5.73 Å². The third-order valence-corrected chi connectivity index (χ3v) is 2.38. The third kappa shape index (κ3) is 2.15. The molecular weight excluding hydrogens is 192 g/mol. The predicted molar refractivity (Wildman–Crippen MR) is 59.2 cm³/mol. The number of ether oxygens (including phenoxy) is 2. The van der Waals surface area contributed by atoms with Crippen molar-refractivity contribution >= 4 is 5.69 Å². The lowest BCUT2D eigenvalue weighted by molar-refractivity contribution is 0.283. The highest BCUT2D eigenvalue weighted by molar-refractivity contribution is 5.58. The molecule has 0 atom stereocenters. The minimum absolute atomic E-state index is 0.607. The molecule has 0 aliphatic carbocycles. The lowest BCUT2D eigenvalue weighted by atomic mass is 10.1. The highest BCUT2D eigenvalue weighted by Crippen LogP contribution is 2.37. The fraction of sp³-hybridized carbons (Fsp3) is 0.455. The molecule has 0 aromatic heterocycles. The van der Waals surface area contributed by atoms with Crippen LogP contribution < -0.4 is 20.9 Å². The highest BCUT2D eigenvalue weighted by atomic mass is 16.5. The summed E-state index contributed by atoms with van der Waals surface area (Å²) in [7, 11) is 0. The number of nitrogens with two attached hydrogens (primary N) is 2. The first-order valence-electron chi connectivity index (χ1n) is 5.19. The van der Waals surface area contributed by atoms with Gasteiger partial charge in [-0.15, -0.1) is 0 Å². The Morgan fingerprint density at radius 1 is 1.40 bits per heavy atom. The van der Waals surface area contributed by atoms with E-state index in [1.807, 2.05) is 6.07 Å². The maximum Gasteiger partial charge on any atom is 0.164 e. The molecule has 0 fully saturated rings. The Balaban J connectivity index is 2.15. The molecule has 1 heterocycles. The molecule has 0 radical (unpaired) electrons. The quantitative estimate of drug-likeness (QED) is 0.570. The fourth-order valence-electron chi connectivity index (χ4n) is 1.67. The van der Waals surface area contributed by atoms with Gasteiger partial charge in [0.05, 0.1) is 13.2 Å². The van der Waals surface area contributed by atoms with Crippen LogP contribution >= 0.6 is 0 Å². The van der Waals surface area contributed by atoms with Crippen LogP contribution in [0, 0.1) is 0 Å². The van der Waals surface area contributed by atoms with Crippen LogP contribution in [0.5, 0.6) is 11.5 Å². The van der Waals surface area contributed by atoms with Crippen molar-refractivity contribution in [1.82, 2.24) is 0 Å². The van der Waals surface area contributed by atoms with E-state index in [4.69, 9.17) is 20.9 Å². The van der Waals surface area contributed by atoms with E-state index < -0.39 is 0 Å². The summed E-state index contributed by atoms with van der Waals surface area (Å²) in [5.41, 5.74) is 13.0. The second-order valence-corrected chi connectivity index (χ2v) is 3.60. The summed E-state index contributed by atoms with van der Waals surface area (Å²) in [5.74, 6) is 1.59. The SMILES string of the molecule is NCCCOc1cc(N)cc2c1OCC2. The number of fused-ring (bicyclic) bond motifs is 1. The van der Waals surface area contributed by atoms with Crippen molar-refractivity contribution < 1.29 is 9.47 Å². The first-order chi connectivity index (χ1) is 7.31. The monoisotopic (exact) mass is 208 g/mol. The molecule has 0 saturated heterocycles. The molecule has 15 heavy (non-hydrogen) atoms. The summed E-state index contributed by atoms with van der Waals surface area (Å²) in [4.78, 5) is 0. The Labute approximate surface area is 89.2 Å². The summed E-state index contributed by atoms with van der Waals surface area (Å²) >= 11 is 0. The molecule has 4 N–H and O–H groups in total. The van der Waals surface area contributed by atoms with Crippen molar-refractivity contribution in [3.8, 4) is 11.5 Å². The zero-order chi connectivity index (χ0) is 10.7. The van der Waals surface area contributed by atoms with E-state index in [1.54, 1.807) is 6.07 Å². The molecule has 0 unspecified atom stereocenters. The third-order valence-electron chi connectivity index (χ3n) is 2.38. The molecule has 2 rings (SSSR count). The summed E-state index contributed by atoms with van der Waals surface area (Å²) in [6, 6.07) is 3.75. The van der Waals surface area contributed by atoms with Crippen molar-refractivity contribution in [2.45, 2.75) is 12.8 Å². The van der Waals surface area contributed by atoms with Crippen LogP contribution in [0.2, 0.25) is 0 Å². The standard InChI is InChI=1S/C11H16N2O2/c12-3-1-4-14-10-7-9(13)6-8-2-5-15-11(8)10/h6-7H,1-5,12-13H2. The molecule has 1 aromatic rings. The van der Waals surface area contributed by atoms with Crippen LogP contribution in [0.25, 0.3) is 0 Å². The van der Waals surface area contributed by atoms with Crippen molar-refractivity contribution in [3.05, 3.63) is 17.7 Å². The van der Waals surface area contributed by atoms with Gasteiger partial charge in [0.2, 0.25) is 0 Å². The Hall–Kier alpha value is -1.42. The average Bonchev–Trinajstić information content (AvgIpc) is 2.65. The number of anilines is 1. The smallest absolute Gasteiger partial charge is 0.164 e. The second kappa shape index (κ2) is 4.40. The van der Waals surface area contributed by atoms with E-state index in [-0.39, 0.29) is 0 Å². The van der Waals surface area contributed by atoms with Gasteiger partial charge in [0.1, 0.15) is 0 Å². The summed E-state index contributed by atoms with van der Waals surface area (Å²) < 4.78 is 11.1. The van der Waals surface area contributed by atoms with Gasteiger partial charge in [0.25, 0.3) is 0 Å². The Bertz CT molecular complexity index is 353. The van der Waals surface area contributed by atoms with Gasteiger partial charge < -0.3 is 20.9 Å². The van der Waals surface area contributed by atoms with Crippen molar-refractivity contribution in [3.63, 3.8) is 0 Å². The second-order valence-electron chi connectivity index (χ2n) is 3.60. The average molecular weight is 208 g/mol. The van der Waals surface area contributed by atoms with Crippen LogP contribution in [0.3, 0.4) is 0 Å². The molecule has 0 bridgehead atoms. The molecular formula is C11H16N2O2. The maximum atomic E-state index is 5.78. The molecule has 82 valence electrons. The fourth-order valence-corrected chi connectivity index (χ4v) is 1.67. The Morgan fingerprint density at radius 2 is 2.27 bits per heavy atom. The molecule has 4 nitrogen and oxygen atoms in total. The van der Waals surface area contributed by atoms with Crippen LogP contribution in [0.15, 0.2) is 12.1 Å². The Morgan fingerprint density at radius 3 is 3.07 bits per heavy atom. The zero-order valence-electron chi connectivity index (χ0n) is 8.66. The summed E-state index contributed by atoms with van der Waals surface area (Å²) in [5, 5.41) is 0. The lowest BCUT2D eigenvalue weighted by Crippen LogP contribution is -2.06. The van der Waals surface area contributed by atoms with Gasteiger partial charge in [-0.3, -0.25) is 0 Å². The van der Waals surface area contributed by atoms with E-state index in [9.17, 15) is 0 Å². The highest BCUT2D eigenvalue weighted by Gasteiger charge is 2.18. The van der Waals surface area contributed by atoms with E-state index in [0.29, 0.717) is 19.8 Å². The molecule has 0 spiro atoms. The largest absolute Gasteiger partial charge is 0.490 e. The number of rotatable bonds is 4. The molecule has 4 heteroatoms. The summed E-state index contributed by atoms with van der Waals surface area (Å²) in [6.45, 7) is 1.95. The van der Waals surface area contributed by atoms with E-state index in [1.165, 1.54) is 0 Å². The number of hydrogen-bond donors (Lipinski definition) is 2. The van der Waals surface area contributed by atoms with Crippen LogP contribution in [-0.2, 0) is 6.42 Å². The van der Waals surface area contributed by atoms with Crippen LogP contribution in [0.4, 0.5) is 5.69 Å². The number of nitrogen functional groups attached to an aromatic ring is 1. The van der Waals surface area contributed by atoms with Gasteiger partial charge in [-0.25, -0.2) is 0 Å². The first kappa shape index (κ1) is 10.1. The molecule has 1 aromatic carbocycles. The normalized spacial score (nSPS) is 13.4. The molecule has 1 aliphatic rings. The van der Waals surface area contributed by atoms with E-state index in [0.717, 1.165) is 35.6 Å². The lowest BCUT2D eigenvalue weighted by Gasteiger charge is -2.10. The van der Waals surface area contributed by atoms with E-state index in [2.05, 4.69) is 0 Å². The predicted octanol–water partition coefficient (Wildman–Crippen LogP) is 0.931. The van der Waals surface area contributed by atoms with E-state index >= 15 is 0 Å². The van der Waals surface area contributed by atoms with Gasteiger partial charge in [-0.2, -0.15) is 0 Å². The van der Waals surface area contributed by atoms with Crippen LogP contribution in [-0.4, -0.2) is 19.8 Å². The van der Waals surface area contributed by atoms with Gasteiger partial charge in [-0.05, 0) is 19.0 Å². The Kier molecular flexibility index (Phi) is 2.97. The number of benzene rings is 1.